The molecule has 0 bridgehead atoms. The molecular weight excluding hydrogens is 288 g/mol. The third-order valence-corrected chi connectivity index (χ3v) is 4.29. The molecule has 2 aliphatic rings. The van der Waals surface area contributed by atoms with Gasteiger partial charge in [-0.25, -0.2) is 4.79 Å². The summed E-state index contributed by atoms with van der Waals surface area (Å²) in [5.74, 6) is -1.94. The Kier molecular flexibility index (Phi) is 3.98. The molecule has 1 fully saturated rings. The molecule has 0 saturated carbocycles. The Balaban J connectivity index is 2.23. The van der Waals surface area contributed by atoms with Crippen LogP contribution in [0.5, 0.6) is 0 Å². The van der Waals surface area contributed by atoms with Crippen LogP contribution in [0.3, 0.4) is 0 Å². The van der Waals surface area contributed by atoms with Crippen LogP contribution in [0.15, 0.2) is 11.3 Å². The van der Waals surface area contributed by atoms with Gasteiger partial charge in [0.1, 0.15) is 23.7 Å². The minimum Gasteiger partial charge on any atom is -0.477 e. The van der Waals surface area contributed by atoms with Gasteiger partial charge >= 0.3 is 11.9 Å². The zero-order valence-electron chi connectivity index (χ0n) is 10.5. The number of carbonyl (C=O) groups excluding carboxylic acids is 3. The summed E-state index contributed by atoms with van der Waals surface area (Å²) in [6.45, 7) is 1.06. The van der Waals surface area contributed by atoms with E-state index in [4.69, 9.17) is 4.74 Å². The monoisotopic (exact) mass is 300 g/mol. The average Bonchev–Trinajstić information content (AvgIpc) is 2.40. The maximum Gasteiger partial charge on any atom is 0.352 e. The Bertz CT molecular complexity index is 517. The summed E-state index contributed by atoms with van der Waals surface area (Å²) in [5.41, 5.74) is 0.204. The van der Waals surface area contributed by atoms with Crippen LogP contribution in [-0.4, -0.2) is 58.0 Å². The number of carboxylic acids is 1. The van der Waals surface area contributed by atoms with Gasteiger partial charge in [0, 0.05) is 18.2 Å². The normalized spacial score (nSPS) is 24.6. The van der Waals surface area contributed by atoms with E-state index in [1.807, 2.05) is 0 Å². The van der Waals surface area contributed by atoms with Gasteiger partial charge in [-0.15, -0.1) is 11.8 Å². The third kappa shape index (κ3) is 2.36. The van der Waals surface area contributed by atoms with Crippen LogP contribution >= 0.6 is 11.8 Å². The van der Waals surface area contributed by atoms with Crippen molar-refractivity contribution in [2.75, 3.05) is 12.4 Å². The minimum atomic E-state index is -1.25. The van der Waals surface area contributed by atoms with Gasteiger partial charge in [0.2, 0.25) is 6.41 Å². The SMILES string of the molecule is CC(=O)OCC1=C(C(=O)O)N2C(=O)C(NC=O)C2SC1. The summed E-state index contributed by atoms with van der Waals surface area (Å²) in [6.07, 6.45) is 0.416. The van der Waals surface area contributed by atoms with Gasteiger partial charge in [-0.2, -0.15) is 0 Å². The predicted molar refractivity (Wildman–Crippen MR) is 67.4 cm³/mol. The molecule has 1 saturated heterocycles. The van der Waals surface area contributed by atoms with Gasteiger partial charge in [-0.1, -0.05) is 0 Å². The van der Waals surface area contributed by atoms with Crippen molar-refractivity contribution in [1.82, 2.24) is 10.2 Å². The van der Waals surface area contributed by atoms with E-state index in [2.05, 4.69) is 5.32 Å². The highest BCUT2D eigenvalue weighted by Gasteiger charge is 2.53. The molecule has 0 aromatic heterocycles. The van der Waals surface area contributed by atoms with Gasteiger partial charge in [-0.05, 0) is 0 Å². The number of β-lactam (4-membered cyclic amide) rings is 1. The van der Waals surface area contributed by atoms with Gasteiger partial charge in [0.25, 0.3) is 5.91 Å². The van der Waals surface area contributed by atoms with Crippen LogP contribution < -0.4 is 5.32 Å². The molecule has 0 aliphatic carbocycles. The molecule has 2 atom stereocenters. The molecule has 2 rings (SSSR count). The molecule has 0 radical (unpaired) electrons. The van der Waals surface area contributed by atoms with E-state index in [0.29, 0.717) is 17.7 Å². The number of carboxylic acid groups (broad SMARTS) is 1. The van der Waals surface area contributed by atoms with E-state index in [-0.39, 0.29) is 12.3 Å². The molecule has 0 aromatic carbocycles. The Morgan fingerprint density at radius 3 is 2.85 bits per heavy atom. The first-order chi connectivity index (χ1) is 9.47. The summed E-state index contributed by atoms with van der Waals surface area (Å²) in [4.78, 5) is 45.5. The Hall–Kier alpha value is -2.03. The Morgan fingerprint density at radius 1 is 1.60 bits per heavy atom. The Morgan fingerprint density at radius 2 is 2.30 bits per heavy atom. The minimum absolute atomic E-state index is 0.160. The number of hydrogen-bond donors (Lipinski definition) is 2. The molecule has 9 heteroatoms. The number of esters is 1. The van der Waals surface area contributed by atoms with Crippen LogP contribution in [0, 0.1) is 0 Å². The van der Waals surface area contributed by atoms with E-state index in [9.17, 15) is 24.3 Å². The number of fused-ring (bicyclic) bond motifs is 1. The second kappa shape index (κ2) is 5.53. The number of hydrogen-bond acceptors (Lipinski definition) is 6. The summed E-state index contributed by atoms with van der Waals surface area (Å²) >= 11 is 1.32. The Labute approximate surface area is 118 Å². The van der Waals surface area contributed by atoms with Crippen molar-refractivity contribution in [3.8, 4) is 0 Å². The standard InChI is InChI=1S/C11H12N2O6S/c1-5(15)19-2-6-3-20-10-7(12-4-14)9(16)13(10)8(6)11(17)18/h4,7,10H,2-3H2,1H3,(H,12,14)(H,17,18). The van der Waals surface area contributed by atoms with Crippen LogP contribution in [-0.2, 0) is 23.9 Å². The van der Waals surface area contributed by atoms with E-state index in [1.54, 1.807) is 0 Å². The number of nitrogens with one attached hydrogen (secondary N) is 1. The number of ether oxygens (including phenoxy) is 1. The van der Waals surface area contributed by atoms with Gasteiger partial charge in [0.15, 0.2) is 0 Å². The highest BCUT2D eigenvalue weighted by Crippen LogP contribution is 2.40. The molecule has 2 heterocycles. The number of carbonyl (C=O) groups is 4. The van der Waals surface area contributed by atoms with Crippen molar-refractivity contribution in [1.29, 1.82) is 0 Å². The topological polar surface area (TPSA) is 113 Å². The van der Waals surface area contributed by atoms with Crippen molar-refractivity contribution >= 4 is 36.0 Å². The maximum absolute atomic E-state index is 11.9. The fourth-order valence-electron chi connectivity index (χ4n) is 2.08. The first kappa shape index (κ1) is 14.4. The van der Waals surface area contributed by atoms with E-state index < -0.39 is 29.3 Å². The molecule has 8 nitrogen and oxygen atoms in total. The number of nitrogens with zero attached hydrogens (tertiary/aromatic N) is 1. The van der Waals surface area contributed by atoms with Crippen molar-refractivity contribution in [3.63, 3.8) is 0 Å². The maximum atomic E-state index is 11.9. The molecule has 0 spiro atoms. The fraction of sp³-hybridized carbons (Fsp3) is 0.455. The summed E-state index contributed by atoms with van der Waals surface area (Å²) < 4.78 is 4.80. The molecule has 108 valence electrons. The number of aliphatic carboxylic acids is 1. The lowest BCUT2D eigenvalue weighted by Crippen LogP contribution is -2.69. The average molecular weight is 300 g/mol. The van der Waals surface area contributed by atoms with E-state index >= 15 is 0 Å². The fourth-order valence-corrected chi connectivity index (χ4v) is 3.41. The molecule has 0 aromatic rings. The molecule has 20 heavy (non-hydrogen) atoms. The first-order valence-corrected chi connectivity index (χ1v) is 6.75. The van der Waals surface area contributed by atoms with Crippen LogP contribution in [0.1, 0.15) is 6.92 Å². The first-order valence-electron chi connectivity index (χ1n) is 5.70. The van der Waals surface area contributed by atoms with Crippen LogP contribution in [0.25, 0.3) is 0 Å². The largest absolute Gasteiger partial charge is 0.477 e. The van der Waals surface area contributed by atoms with E-state index in [1.165, 1.54) is 18.7 Å². The number of rotatable bonds is 5. The second-order valence-corrected chi connectivity index (χ2v) is 5.31. The second-order valence-electron chi connectivity index (χ2n) is 4.21. The summed E-state index contributed by atoms with van der Waals surface area (Å²) in [6, 6.07) is -0.706. The third-order valence-electron chi connectivity index (χ3n) is 2.95. The van der Waals surface area contributed by atoms with Gasteiger partial charge in [-0.3, -0.25) is 19.3 Å². The van der Waals surface area contributed by atoms with Crippen LogP contribution in [0.4, 0.5) is 0 Å². The zero-order valence-corrected chi connectivity index (χ0v) is 11.3. The lowest BCUT2D eigenvalue weighted by Gasteiger charge is -2.48. The number of amides is 2. The molecular formula is C11H12N2O6S. The zero-order chi connectivity index (χ0) is 14.9. The summed E-state index contributed by atoms with van der Waals surface area (Å²) in [7, 11) is 0. The molecule has 2 N–H and O–H groups in total. The van der Waals surface area contributed by atoms with Crippen molar-refractivity contribution in [2.24, 2.45) is 0 Å². The van der Waals surface area contributed by atoms with E-state index in [0.717, 1.165) is 4.90 Å². The van der Waals surface area contributed by atoms with Gasteiger partial charge in [0.05, 0.1) is 0 Å². The molecule has 2 aliphatic heterocycles. The molecule has 2 unspecified atom stereocenters. The smallest absolute Gasteiger partial charge is 0.352 e. The highest BCUT2D eigenvalue weighted by atomic mass is 32.2. The number of thioether (sulfide) groups is 1. The van der Waals surface area contributed by atoms with Gasteiger partial charge < -0.3 is 15.2 Å². The quantitative estimate of drug-likeness (QED) is 0.377. The summed E-state index contributed by atoms with van der Waals surface area (Å²) in [5, 5.41) is 11.2. The molecule has 2 amide bonds. The van der Waals surface area contributed by atoms with Crippen LogP contribution in [0.2, 0.25) is 0 Å². The lowest BCUT2D eigenvalue weighted by molar-refractivity contribution is -0.150. The van der Waals surface area contributed by atoms with Crippen molar-refractivity contribution < 1.29 is 29.0 Å². The predicted octanol–water partition coefficient (Wildman–Crippen LogP) is -1.08. The van der Waals surface area contributed by atoms with Crippen molar-refractivity contribution in [2.45, 2.75) is 18.3 Å². The highest BCUT2D eigenvalue weighted by molar-refractivity contribution is 8.00. The lowest BCUT2D eigenvalue weighted by atomic mass is 10.0. The van der Waals surface area contributed by atoms with Crippen molar-refractivity contribution in [3.05, 3.63) is 11.3 Å².